The molecule has 2 nitrogen and oxygen atoms in total. The number of benzene rings is 1. The van der Waals surface area contributed by atoms with Crippen LogP contribution < -0.4 is 0 Å². The molecule has 1 aromatic carbocycles. The topological polar surface area (TPSA) is 37.3 Å². The monoisotopic (exact) mass is 272 g/mol. The van der Waals surface area contributed by atoms with E-state index in [0.717, 1.165) is 26.4 Å². The van der Waals surface area contributed by atoms with Gasteiger partial charge in [-0.25, -0.2) is 0 Å². The van der Waals surface area contributed by atoms with Crippen LogP contribution in [-0.2, 0) is 0 Å². The molecule has 0 bridgehead atoms. The summed E-state index contributed by atoms with van der Waals surface area (Å²) in [5, 5.41) is 9.70. The average molecular weight is 272 g/mol. The first-order valence-corrected chi connectivity index (χ1v) is 6.88. The summed E-state index contributed by atoms with van der Waals surface area (Å²) >= 11 is 1.50. The first-order chi connectivity index (χ1) is 8.97. The Morgan fingerprint density at radius 3 is 2.32 bits per heavy atom. The molecule has 0 fully saturated rings. The number of phenolic OH excluding ortho intramolecular Hbond substituents is 1. The van der Waals surface area contributed by atoms with Crippen LogP contribution in [0.5, 0.6) is 5.75 Å². The maximum Gasteiger partial charge on any atom is 0.195 e. The molecule has 2 rings (SSSR count). The van der Waals surface area contributed by atoms with Crippen LogP contribution in [0.3, 0.4) is 0 Å². The Balaban J connectivity index is 2.21. The van der Waals surface area contributed by atoms with Gasteiger partial charge in [-0.05, 0) is 67.8 Å². The van der Waals surface area contributed by atoms with Crippen molar-refractivity contribution in [2.45, 2.75) is 20.8 Å². The third kappa shape index (κ3) is 3.12. The van der Waals surface area contributed by atoms with Crippen molar-refractivity contribution in [1.82, 2.24) is 0 Å². The molecule has 3 heteroatoms. The fourth-order valence-corrected chi connectivity index (χ4v) is 2.69. The Morgan fingerprint density at radius 2 is 1.79 bits per heavy atom. The van der Waals surface area contributed by atoms with Gasteiger partial charge in [-0.15, -0.1) is 11.3 Å². The highest BCUT2D eigenvalue weighted by Crippen LogP contribution is 2.24. The van der Waals surface area contributed by atoms with E-state index < -0.39 is 0 Å². The van der Waals surface area contributed by atoms with Crippen molar-refractivity contribution in [3.05, 3.63) is 56.8 Å². The smallest absolute Gasteiger partial charge is 0.195 e. The Hall–Kier alpha value is -1.87. The summed E-state index contributed by atoms with van der Waals surface area (Å²) in [6.07, 6.45) is 3.37. The van der Waals surface area contributed by atoms with Gasteiger partial charge in [-0.1, -0.05) is 6.08 Å². The number of thiophene rings is 1. The highest BCUT2D eigenvalue weighted by molar-refractivity contribution is 7.14. The summed E-state index contributed by atoms with van der Waals surface area (Å²) in [5.74, 6) is 0.332. The quantitative estimate of drug-likeness (QED) is 0.669. The molecule has 0 saturated carbocycles. The zero-order valence-corrected chi connectivity index (χ0v) is 12.0. The first kappa shape index (κ1) is 13.6. The molecule has 1 heterocycles. The van der Waals surface area contributed by atoms with Crippen molar-refractivity contribution in [2.75, 3.05) is 0 Å². The van der Waals surface area contributed by atoms with Gasteiger partial charge >= 0.3 is 0 Å². The average Bonchev–Trinajstić information content (AvgIpc) is 2.79. The lowest BCUT2D eigenvalue weighted by Crippen LogP contribution is -1.89. The summed E-state index contributed by atoms with van der Waals surface area (Å²) in [6, 6.07) is 7.53. The number of aryl methyl sites for hydroxylation is 3. The number of hydrogen-bond donors (Lipinski definition) is 1. The van der Waals surface area contributed by atoms with Gasteiger partial charge in [0.1, 0.15) is 5.75 Å². The third-order valence-electron chi connectivity index (χ3n) is 2.92. The van der Waals surface area contributed by atoms with E-state index in [1.165, 1.54) is 11.3 Å². The lowest BCUT2D eigenvalue weighted by atomic mass is 10.1. The largest absolute Gasteiger partial charge is 0.507 e. The number of phenols is 1. The van der Waals surface area contributed by atoms with Crippen LogP contribution in [0.15, 0.2) is 30.3 Å². The third-order valence-corrected chi connectivity index (χ3v) is 3.94. The van der Waals surface area contributed by atoms with Crippen molar-refractivity contribution >= 4 is 23.2 Å². The second-order valence-electron chi connectivity index (χ2n) is 4.61. The van der Waals surface area contributed by atoms with Crippen LogP contribution >= 0.6 is 11.3 Å². The first-order valence-electron chi connectivity index (χ1n) is 6.06. The van der Waals surface area contributed by atoms with Crippen LogP contribution in [-0.4, -0.2) is 10.9 Å². The van der Waals surface area contributed by atoms with Gasteiger partial charge in [0.25, 0.3) is 0 Å². The predicted octanol–water partition coefficient (Wildman–Crippen LogP) is 4.28. The molecule has 0 unspecified atom stereocenters. The minimum absolute atomic E-state index is 0.0153. The van der Waals surface area contributed by atoms with Crippen molar-refractivity contribution in [2.24, 2.45) is 0 Å². The molecule has 0 saturated heterocycles. The lowest BCUT2D eigenvalue weighted by molar-refractivity contribution is 0.105. The molecular formula is C16H16O2S. The second-order valence-corrected chi connectivity index (χ2v) is 5.90. The minimum atomic E-state index is 0.0153. The number of hydrogen-bond acceptors (Lipinski definition) is 3. The maximum absolute atomic E-state index is 11.9. The summed E-state index contributed by atoms with van der Waals surface area (Å²) in [5.41, 5.74) is 2.56. The van der Waals surface area contributed by atoms with E-state index in [4.69, 9.17) is 0 Å². The minimum Gasteiger partial charge on any atom is -0.507 e. The molecule has 1 aromatic heterocycles. The molecule has 0 spiro atoms. The van der Waals surface area contributed by atoms with Crippen LogP contribution in [0.2, 0.25) is 0 Å². The fraction of sp³-hybridized carbons (Fsp3) is 0.188. The maximum atomic E-state index is 11.9. The van der Waals surface area contributed by atoms with E-state index in [1.54, 1.807) is 12.2 Å². The van der Waals surface area contributed by atoms with E-state index in [0.29, 0.717) is 5.75 Å². The molecule has 0 aliphatic carbocycles. The molecule has 0 aliphatic rings. The Labute approximate surface area is 117 Å². The van der Waals surface area contributed by atoms with E-state index >= 15 is 0 Å². The molecular weight excluding hydrogens is 256 g/mol. The highest BCUT2D eigenvalue weighted by atomic mass is 32.1. The van der Waals surface area contributed by atoms with Gasteiger partial charge in [0.15, 0.2) is 5.78 Å². The van der Waals surface area contributed by atoms with Gasteiger partial charge < -0.3 is 5.11 Å². The zero-order valence-electron chi connectivity index (χ0n) is 11.2. The summed E-state index contributed by atoms with van der Waals surface area (Å²) in [7, 11) is 0. The molecule has 0 atom stereocenters. The van der Waals surface area contributed by atoms with Crippen molar-refractivity contribution < 1.29 is 9.90 Å². The molecule has 0 radical (unpaired) electrons. The standard InChI is InChI=1S/C16H16O2S/c1-10-8-13(9-11(2)16(10)18)5-6-14(17)15-7-4-12(3)19-15/h4-9,18H,1-3H3/b6-5+. The van der Waals surface area contributed by atoms with Crippen LogP contribution in [0, 0.1) is 20.8 Å². The SMILES string of the molecule is Cc1ccc(C(=O)/C=C/c2cc(C)c(O)c(C)c2)s1. The van der Waals surface area contributed by atoms with E-state index in [2.05, 4.69) is 0 Å². The van der Waals surface area contributed by atoms with Crippen LogP contribution in [0.25, 0.3) is 6.08 Å². The molecule has 98 valence electrons. The molecule has 0 aliphatic heterocycles. The number of carbonyl (C=O) groups excluding carboxylic acids is 1. The normalized spacial score (nSPS) is 11.1. The molecule has 1 N–H and O–H groups in total. The van der Waals surface area contributed by atoms with E-state index in [1.807, 2.05) is 45.0 Å². The van der Waals surface area contributed by atoms with Crippen LogP contribution in [0.4, 0.5) is 0 Å². The molecule has 0 amide bonds. The Kier molecular flexibility index (Phi) is 3.86. The predicted molar refractivity (Wildman–Crippen MR) is 80.0 cm³/mol. The van der Waals surface area contributed by atoms with Gasteiger partial charge in [0.2, 0.25) is 0 Å². The van der Waals surface area contributed by atoms with Gasteiger partial charge in [-0.3, -0.25) is 4.79 Å². The number of allylic oxidation sites excluding steroid dienone is 1. The van der Waals surface area contributed by atoms with Crippen molar-refractivity contribution in [3.63, 3.8) is 0 Å². The zero-order chi connectivity index (χ0) is 14.0. The number of ketones is 1. The number of carbonyl (C=O) groups is 1. The Morgan fingerprint density at radius 1 is 1.16 bits per heavy atom. The van der Waals surface area contributed by atoms with Crippen molar-refractivity contribution in [3.8, 4) is 5.75 Å². The fourth-order valence-electron chi connectivity index (χ4n) is 1.91. The second kappa shape index (κ2) is 5.41. The van der Waals surface area contributed by atoms with E-state index in [9.17, 15) is 9.90 Å². The highest BCUT2D eigenvalue weighted by Gasteiger charge is 2.05. The number of aromatic hydroxyl groups is 1. The summed E-state index contributed by atoms with van der Waals surface area (Å²) < 4.78 is 0. The lowest BCUT2D eigenvalue weighted by Gasteiger charge is -2.04. The van der Waals surface area contributed by atoms with Gasteiger partial charge in [0, 0.05) is 4.88 Å². The van der Waals surface area contributed by atoms with E-state index in [-0.39, 0.29) is 5.78 Å². The van der Waals surface area contributed by atoms with Gasteiger partial charge in [0.05, 0.1) is 4.88 Å². The Bertz CT molecular complexity index is 628. The summed E-state index contributed by atoms with van der Waals surface area (Å²) in [4.78, 5) is 13.8. The number of rotatable bonds is 3. The van der Waals surface area contributed by atoms with Crippen LogP contribution in [0.1, 0.15) is 31.2 Å². The van der Waals surface area contributed by atoms with Gasteiger partial charge in [-0.2, -0.15) is 0 Å². The molecule has 2 aromatic rings. The molecule has 19 heavy (non-hydrogen) atoms. The summed E-state index contributed by atoms with van der Waals surface area (Å²) in [6.45, 7) is 5.69. The van der Waals surface area contributed by atoms with Crippen molar-refractivity contribution in [1.29, 1.82) is 0 Å².